The number of benzene rings is 4. The summed E-state index contributed by atoms with van der Waals surface area (Å²) in [7, 11) is 0. The molecule has 0 bridgehead atoms. The minimum Gasteiger partial charge on any atom is -0.506 e. The van der Waals surface area contributed by atoms with Crippen LogP contribution in [0.5, 0.6) is 11.5 Å². The van der Waals surface area contributed by atoms with Crippen LogP contribution in [0.1, 0.15) is 11.1 Å². The predicted molar refractivity (Wildman–Crippen MR) is 120 cm³/mol. The van der Waals surface area contributed by atoms with Crippen molar-refractivity contribution in [3.05, 3.63) is 108 Å². The molecule has 4 heteroatoms. The maximum absolute atomic E-state index is 8.79. The van der Waals surface area contributed by atoms with Crippen LogP contribution in [0, 0.1) is 0 Å². The zero-order chi connectivity index (χ0) is 20.6. The molecule has 0 saturated heterocycles. The third kappa shape index (κ3) is 5.08. The number of anilines is 2. The van der Waals surface area contributed by atoms with Gasteiger partial charge in [-0.2, -0.15) is 0 Å². The normalized spacial score (nSPS) is 10.5. The summed E-state index contributed by atoms with van der Waals surface area (Å²) in [6.07, 6.45) is 1.10. The quantitative estimate of drug-likeness (QED) is 0.218. The maximum atomic E-state index is 8.79. The van der Waals surface area contributed by atoms with Crippen molar-refractivity contribution >= 4 is 11.4 Å². The molecule has 0 heterocycles. The molecular weight excluding hydrogens is 360 g/mol. The first kappa shape index (κ1) is 19.8. The van der Waals surface area contributed by atoms with Crippen molar-refractivity contribution in [2.75, 3.05) is 11.5 Å². The van der Waals surface area contributed by atoms with Crippen LogP contribution in [0.2, 0.25) is 0 Å². The van der Waals surface area contributed by atoms with Crippen molar-refractivity contribution in [2.24, 2.45) is 0 Å². The third-order valence-electron chi connectivity index (χ3n) is 4.58. The van der Waals surface area contributed by atoms with Crippen molar-refractivity contribution < 1.29 is 10.2 Å². The first-order valence-electron chi connectivity index (χ1n) is 9.29. The van der Waals surface area contributed by atoms with E-state index >= 15 is 0 Å². The molecule has 0 amide bonds. The Hall–Kier alpha value is -3.92. The summed E-state index contributed by atoms with van der Waals surface area (Å²) in [6, 6.07) is 30.7. The van der Waals surface area contributed by atoms with Gasteiger partial charge in [0.1, 0.15) is 11.5 Å². The van der Waals surface area contributed by atoms with Gasteiger partial charge >= 0.3 is 0 Å². The third-order valence-corrected chi connectivity index (χ3v) is 4.58. The van der Waals surface area contributed by atoms with Crippen molar-refractivity contribution in [3.63, 3.8) is 0 Å². The lowest BCUT2D eigenvalue weighted by Gasteiger charge is -1.98. The molecule has 5 rings (SSSR count). The monoisotopic (exact) mass is 384 g/mol. The minimum atomic E-state index is 0.146. The largest absolute Gasteiger partial charge is 0.506 e. The van der Waals surface area contributed by atoms with Crippen LogP contribution in [-0.2, 0) is 6.42 Å². The fourth-order valence-electron chi connectivity index (χ4n) is 3.05. The lowest BCUT2D eigenvalue weighted by molar-refractivity contribution is 0.477. The Morgan fingerprint density at radius 1 is 0.483 bits per heavy atom. The van der Waals surface area contributed by atoms with E-state index in [0.29, 0.717) is 11.4 Å². The Morgan fingerprint density at radius 3 is 1.17 bits per heavy atom. The molecule has 1 aliphatic carbocycles. The summed E-state index contributed by atoms with van der Waals surface area (Å²) in [5, 5.41) is 17.6. The maximum Gasteiger partial charge on any atom is 0.138 e. The number of aromatic hydroxyl groups is 2. The van der Waals surface area contributed by atoms with Gasteiger partial charge in [-0.25, -0.2) is 0 Å². The standard InChI is InChI=1S/C13H10.2C6H7NO/c1-3-7-12-10(5-1)9-11-6-2-4-8-13(11)12;2*7-5-3-1-2-4-6(5)8/h1-8H,9H2;2*1-4,8H,7H2. The van der Waals surface area contributed by atoms with Crippen LogP contribution in [0.15, 0.2) is 97.1 Å². The molecule has 4 aromatic carbocycles. The fourth-order valence-corrected chi connectivity index (χ4v) is 3.05. The SMILES string of the molecule is Nc1ccccc1O.Nc1ccccc1O.c1ccc2c(c1)Cc1ccccc1-2. The van der Waals surface area contributed by atoms with Gasteiger partial charge < -0.3 is 21.7 Å². The zero-order valence-corrected chi connectivity index (χ0v) is 16.0. The molecule has 0 spiro atoms. The van der Waals surface area contributed by atoms with E-state index in [2.05, 4.69) is 48.5 Å². The van der Waals surface area contributed by atoms with Crippen LogP contribution in [0.4, 0.5) is 11.4 Å². The van der Waals surface area contributed by atoms with Crippen molar-refractivity contribution in [2.45, 2.75) is 6.42 Å². The van der Waals surface area contributed by atoms with E-state index < -0.39 is 0 Å². The molecular formula is C25H24N2O2. The molecule has 6 N–H and O–H groups in total. The second-order valence-corrected chi connectivity index (χ2v) is 6.61. The van der Waals surface area contributed by atoms with Gasteiger partial charge in [-0.05, 0) is 52.9 Å². The lowest BCUT2D eigenvalue weighted by Crippen LogP contribution is -1.82. The molecule has 0 aliphatic heterocycles. The number of hydrogen-bond donors (Lipinski definition) is 4. The molecule has 4 aromatic rings. The van der Waals surface area contributed by atoms with Gasteiger partial charge in [-0.15, -0.1) is 0 Å². The van der Waals surface area contributed by atoms with E-state index in [0.717, 1.165) is 6.42 Å². The first-order valence-corrected chi connectivity index (χ1v) is 9.29. The Bertz CT molecular complexity index is 964. The Kier molecular flexibility index (Phi) is 6.38. The van der Waals surface area contributed by atoms with E-state index in [1.807, 2.05) is 0 Å². The molecule has 0 fully saturated rings. The number of fused-ring (bicyclic) bond motifs is 3. The highest BCUT2D eigenvalue weighted by molar-refractivity contribution is 5.76. The lowest BCUT2D eigenvalue weighted by atomic mass is 10.1. The van der Waals surface area contributed by atoms with Crippen LogP contribution < -0.4 is 11.5 Å². The highest BCUT2D eigenvalue weighted by atomic mass is 16.3. The Balaban J connectivity index is 0.000000132. The van der Waals surface area contributed by atoms with Gasteiger partial charge in [0.05, 0.1) is 11.4 Å². The molecule has 0 aromatic heterocycles. The van der Waals surface area contributed by atoms with Crippen molar-refractivity contribution in [1.82, 2.24) is 0 Å². The molecule has 29 heavy (non-hydrogen) atoms. The van der Waals surface area contributed by atoms with E-state index in [1.54, 1.807) is 48.5 Å². The number of para-hydroxylation sites is 4. The smallest absolute Gasteiger partial charge is 0.138 e. The van der Waals surface area contributed by atoms with Crippen molar-refractivity contribution in [1.29, 1.82) is 0 Å². The molecule has 4 nitrogen and oxygen atoms in total. The van der Waals surface area contributed by atoms with E-state index in [9.17, 15) is 0 Å². The summed E-state index contributed by atoms with van der Waals surface area (Å²) < 4.78 is 0. The molecule has 0 atom stereocenters. The average molecular weight is 384 g/mol. The van der Waals surface area contributed by atoms with Crippen molar-refractivity contribution in [3.8, 4) is 22.6 Å². The number of phenolic OH excluding ortho intramolecular Hbond substituents is 2. The second-order valence-electron chi connectivity index (χ2n) is 6.61. The highest BCUT2D eigenvalue weighted by Gasteiger charge is 2.15. The van der Waals surface area contributed by atoms with E-state index in [1.165, 1.54) is 22.3 Å². The van der Waals surface area contributed by atoms with Gasteiger partial charge in [0, 0.05) is 0 Å². The van der Waals surface area contributed by atoms with Crippen LogP contribution in [-0.4, -0.2) is 10.2 Å². The predicted octanol–water partition coefficient (Wildman–Crippen LogP) is 5.21. The van der Waals surface area contributed by atoms with Crippen LogP contribution in [0.25, 0.3) is 11.1 Å². The summed E-state index contributed by atoms with van der Waals surface area (Å²) >= 11 is 0. The fraction of sp³-hybridized carbons (Fsp3) is 0.0400. The van der Waals surface area contributed by atoms with Gasteiger partial charge in [-0.1, -0.05) is 72.8 Å². The van der Waals surface area contributed by atoms with Gasteiger partial charge in [-0.3, -0.25) is 0 Å². The van der Waals surface area contributed by atoms with Gasteiger partial charge in [0.2, 0.25) is 0 Å². The molecule has 146 valence electrons. The highest BCUT2D eigenvalue weighted by Crippen LogP contribution is 2.35. The molecule has 0 unspecified atom stereocenters. The Morgan fingerprint density at radius 2 is 0.828 bits per heavy atom. The second kappa shape index (κ2) is 9.33. The summed E-state index contributed by atoms with van der Waals surface area (Å²) in [6.45, 7) is 0. The molecule has 1 aliphatic rings. The average Bonchev–Trinajstić information content (AvgIpc) is 3.12. The first-order chi connectivity index (χ1) is 14.1. The molecule has 0 radical (unpaired) electrons. The van der Waals surface area contributed by atoms with Gasteiger partial charge in [0.25, 0.3) is 0 Å². The van der Waals surface area contributed by atoms with Crippen LogP contribution >= 0.6 is 0 Å². The number of hydrogen-bond acceptors (Lipinski definition) is 4. The summed E-state index contributed by atoms with van der Waals surface area (Å²) in [4.78, 5) is 0. The van der Waals surface area contributed by atoms with Gasteiger partial charge in [0.15, 0.2) is 0 Å². The number of nitrogen functional groups attached to an aromatic ring is 2. The van der Waals surface area contributed by atoms with E-state index in [-0.39, 0.29) is 11.5 Å². The molecule has 0 saturated carbocycles. The number of rotatable bonds is 0. The van der Waals surface area contributed by atoms with Crippen LogP contribution in [0.3, 0.4) is 0 Å². The summed E-state index contributed by atoms with van der Waals surface area (Å²) in [5.41, 5.74) is 17.1. The van der Waals surface area contributed by atoms with E-state index in [4.69, 9.17) is 21.7 Å². The Labute approximate surface area is 170 Å². The summed E-state index contributed by atoms with van der Waals surface area (Å²) in [5.74, 6) is 0.292. The number of phenols is 2. The number of nitrogens with two attached hydrogens (primary N) is 2. The topological polar surface area (TPSA) is 92.5 Å². The minimum absolute atomic E-state index is 0.146. The zero-order valence-electron chi connectivity index (χ0n) is 16.0.